The molecule has 0 aliphatic heterocycles. The Morgan fingerprint density at radius 2 is 1.85 bits per heavy atom. The molecule has 1 heterocycles. The third-order valence-corrected chi connectivity index (χ3v) is 6.91. The van der Waals surface area contributed by atoms with E-state index in [2.05, 4.69) is 21.0 Å². The van der Waals surface area contributed by atoms with E-state index in [4.69, 9.17) is 12.2 Å². The highest BCUT2D eigenvalue weighted by molar-refractivity contribution is 7.89. The zero-order valence-electron chi connectivity index (χ0n) is 18.3. The SMILES string of the molecule is Cc1cccc(-c2n[nH]c(=S)n2CCC(=O)NNC(=O)c2cccc(S(=O)(=O)N(C)C)c2)c1. The molecule has 0 radical (unpaired) electrons. The second-order valence-corrected chi connectivity index (χ2v) is 9.98. The number of rotatable bonds is 7. The summed E-state index contributed by atoms with van der Waals surface area (Å²) in [6.45, 7) is 2.22. The zero-order chi connectivity index (χ0) is 24.2. The Kier molecular flexibility index (Phi) is 7.41. The van der Waals surface area contributed by atoms with E-state index in [1.807, 2.05) is 31.2 Å². The van der Waals surface area contributed by atoms with Gasteiger partial charge in [-0.2, -0.15) is 5.10 Å². The van der Waals surface area contributed by atoms with Gasteiger partial charge in [0.25, 0.3) is 5.91 Å². The summed E-state index contributed by atoms with van der Waals surface area (Å²) in [4.78, 5) is 24.7. The average molecular weight is 489 g/mol. The fourth-order valence-electron chi connectivity index (χ4n) is 3.01. The topological polar surface area (TPSA) is 129 Å². The van der Waals surface area contributed by atoms with Gasteiger partial charge in [0, 0.05) is 38.2 Å². The van der Waals surface area contributed by atoms with Crippen molar-refractivity contribution in [2.45, 2.75) is 24.8 Å². The van der Waals surface area contributed by atoms with Crippen LogP contribution in [0.15, 0.2) is 53.4 Å². The molecule has 2 amide bonds. The normalized spacial score (nSPS) is 11.4. The number of aromatic nitrogens is 3. The van der Waals surface area contributed by atoms with Crippen LogP contribution in [0.5, 0.6) is 0 Å². The van der Waals surface area contributed by atoms with Crippen LogP contribution in [0.25, 0.3) is 11.4 Å². The molecule has 2 aromatic carbocycles. The van der Waals surface area contributed by atoms with Crippen LogP contribution in [0.2, 0.25) is 0 Å². The van der Waals surface area contributed by atoms with Gasteiger partial charge in [0.2, 0.25) is 15.9 Å². The van der Waals surface area contributed by atoms with Crippen LogP contribution in [0.1, 0.15) is 22.3 Å². The summed E-state index contributed by atoms with van der Waals surface area (Å²) < 4.78 is 27.6. The van der Waals surface area contributed by atoms with E-state index in [-0.39, 0.29) is 23.4 Å². The molecule has 10 nitrogen and oxygen atoms in total. The van der Waals surface area contributed by atoms with Gasteiger partial charge in [0.05, 0.1) is 4.90 Å². The average Bonchev–Trinajstić information content (AvgIpc) is 3.16. The van der Waals surface area contributed by atoms with Crippen molar-refractivity contribution in [3.8, 4) is 11.4 Å². The molecule has 0 spiro atoms. The molecule has 0 fully saturated rings. The molecule has 0 bridgehead atoms. The molecule has 0 aliphatic rings. The fraction of sp³-hybridized carbons (Fsp3) is 0.238. The van der Waals surface area contributed by atoms with Crippen molar-refractivity contribution in [1.82, 2.24) is 29.9 Å². The molecule has 0 atom stereocenters. The van der Waals surface area contributed by atoms with E-state index in [0.29, 0.717) is 10.6 Å². The Bertz CT molecular complexity index is 1340. The van der Waals surface area contributed by atoms with Gasteiger partial charge in [-0.05, 0) is 43.4 Å². The second kappa shape index (κ2) is 10.1. The zero-order valence-corrected chi connectivity index (χ0v) is 20.0. The lowest BCUT2D eigenvalue weighted by atomic mass is 10.1. The number of amides is 2. The monoisotopic (exact) mass is 488 g/mol. The van der Waals surface area contributed by atoms with E-state index in [9.17, 15) is 18.0 Å². The maximum atomic E-state index is 12.4. The summed E-state index contributed by atoms with van der Waals surface area (Å²) in [6, 6.07) is 13.3. The standard InChI is InChI=1S/C21H24N6O4S2/c1-14-6-4-7-15(12-14)19-23-25-21(32)27(19)11-10-18(28)22-24-20(29)16-8-5-9-17(13-16)33(30,31)26(2)3/h4-9,12-13H,10-11H2,1-3H3,(H,22,28)(H,24,29)(H,25,32). The summed E-state index contributed by atoms with van der Waals surface area (Å²) in [7, 11) is -0.884. The smallest absolute Gasteiger partial charge is 0.269 e. The predicted molar refractivity (Wildman–Crippen MR) is 125 cm³/mol. The number of hydrogen-bond donors (Lipinski definition) is 3. The van der Waals surface area contributed by atoms with Crippen LogP contribution in [0.4, 0.5) is 0 Å². The lowest BCUT2D eigenvalue weighted by molar-refractivity contribution is -0.122. The van der Waals surface area contributed by atoms with E-state index >= 15 is 0 Å². The van der Waals surface area contributed by atoms with Gasteiger partial charge < -0.3 is 0 Å². The minimum absolute atomic E-state index is 0.0236. The Balaban J connectivity index is 1.62. The number of H-pyrrole nitrogens is 1. The fourth-order valence-corrected chi connectivity index (χ4v) is 4.18. The maximum Gasteiger partial charge on any atom is 0.269 e. The van der Waals surface area contributed by atoms with E-state index in [1.165, 1.54) is 38.4 Å². The van der Waals surface area contributed by atoms with Crippen molar-refractivity contribution in [1.29, 1.82) is 0 Å². The Morgan fingerprint density at radius 3 is 2.55 bits per heavy atom. The lowest BCUT2D eigenvalue weighted by Gasteiger charge is -2.12. The molecule has 0 saturated heterocycles. The molecular weight excluding hydrogens is 464 g/mol. The van der Waals surface area contributed by atoms with Crippen LogP contribution in [0.3, 0.4) is 0 Å². The molecule has 3 N–H and O–H groups in total. The summed E-state index contributed by atoms with van der Waals surface area (Å²) in [5.41, 5.74) is 6.66. The molecule has 0 aliphatic carbocycles. The van der Waals surface area contributed by atoms with Gasteiger partial charge in [-0.3, -0.25) is 30.1 Å². The van der Waals surface area contributed by atoms with Gasteiger partial charge in [-0.1, -0.05) is 29.8 Å². The minimum Gasteiger partial charge on any atom is -0.300 e. The number of aromatic amines is 1. The maximum absolute atomic E-state index is 12.4. The van der Waals surface area contributed by atoms with E-state index in [0.717, 1.165) is 15.4 Å². The Labute approximate surface area is 196 Å². The van der Waals surface area contributed by atoms with Crippen molar-refractivity contribution in [3.63, 3.8) is 0 Å². The van der Waals surface area contributed by atoms with Gasteiger partial charge in [-0.25, -0.2) is 12.7 Å². The Morgan fingerprint density at radius 1 is 1.12 bits per heavy atom. The number of benzene rings is 2. The van der Waals surface area contributed by atoms with Crippen LogP contribution in [-0.2, 0) is 21.4 Å². The molecule has 174 valence electrons. The van der Waals surface area contributed by atoms with Gasteiger partial charge in [-0.15, -0.1) is 0 Å². The Hall–Kier alpha value is -3.35. The van der Waals surface area contributed by atoms with Gasteiger partial charge >= 0.3 is 0 Å². The number of carbonyl (C=O) groups is 2. The highest BCUT2D eigenvalue weighted by atomic mass is 32.2. The van der Waals surface area contributed by atoms with E-state index in [1.54, 1.807) is 4.57 Å². The van der Waals surface area contributed by atoms with Crippen LogP contribution >= 0.6 is 12.2 Å². The quantitative estimate of drug-likeness (QED) is 0.345. The van der Waals surface area contributed by atoms with Crippen LogP contribution in [-0.4, -0.2) is 53.4 Å². The first kappa shape index (κ1) is 24.3. The molecule has 1 aromatic heterocycles. The number of carbonyl (C=O) groups excluding carboxylic acids is 2. The molecule has 33 heavy (non-hydrogen) atoms. The van der Waals surface area contributed by atoms with E-state index < -0.39 is 21.8 Å². The summed E-state index contributed by atoms with van der Waals surface area (Å²) >= 11 is 5.28. The van der Waals surface area contributed by atoms with Crippen molar-refractivity contribution in [2.75, 3.05) is 14.1 Å². The number of aryl methyl sites for hydroxylation is 1. The summed E-state index contributed by atoms with van der Waals surface area (Å²) in [6.07, 6.45) is 0.0297. The number of hydrogen-bond acceptors (Lipinski definition) is 6. The van der Waals surface area contributed by atoms with Crippen molar-refractivity contribution < 1.29 is 18.0 Å². The molecule has 0 unspecified atom stereocenters. The van der Waals surface area contributed by atoms with Crippen LogP contribution in [0, 0.1) is 11.7 Å². The van der Waals surface area contributed by atoms with Crippen molar-refractivity contribution in [3.05, 3.63) is 64.4 Å². The molecule has 0 saturated carbocycles. The summed E-state index contributed by atoms with van der Waals surface area (Å²) in [5.74, 6) is -0.474. The first-order valence-corrected chi connectivity index (χ1v) is 11.8. The molecule has 3 rings (SSSR count). The van der Waals surface area contributed by atoms with Crippen molar-refractivity contribution in [2.24, 2.45) is 0 Å². The third kappa shape index (κ3) is 5.72. The lowest BCUT2D eigenvalue weighted by Crippen LogP contribution is -2.42. The largest absolute Gasteiger partial charge is 0.300 e. The number of nitrogens with zero attached hydrogens (tertiary/aromatic N) is 3. The number of nitrogens with one attached hydrogen (secondary N) is 3. The highest BCUT2D eigenvalue weighted by Gasteiger charge is 2.19. The second-order valence-electron chi connectivity index (χ2n) is 7.44. The highest BCUT2D eigenvalue weighted by Crippen LogP contribution is 2.19. The first-order valence-electron chi connectivity index (χ1n) is 9.93. The molecular formula is C21H24N6O4S2. The first-order chi connectivity index (χ1) is 15.6. The van der Waals surface area contributed by atoms with Gasteiger partial charge in [0.1, 0.15) is 0 Å². The number of hydrazine groups is 1. The van der Waals surface area contributed by atoms with Crippen LogP contribution < -0.4 is 10.9 Å². The predicted octanol–water partition coefficient (Wildman–Crippen LogP) is 2.02. The third-order valence-electron chi connectivity index (χ3n) is 4.79. The molecule has 12 heteroatoms. The van der Waals surface area contributed by atoms with Crippen molar-refractivity contribution >= 4 is 34.1 Å². The van der Waals surface area contributed by atoms with Gasteiger partial charge in [0.15, 0.2) is 10.6 Å². The minimum atomic E-state index is -3.69. The summed E-state index contributed by atoms with van der Waals surface area (Å²) in [5, 5.41) is 6.99. The molecule has 3 aromatic rings. The number of sulfonamides is 1.